The lowest BCUT2D eigenvalue weighted by Crippen LogP contribution is -2.50. The van der Waals surface area contributed by atoms with E-state index in [0.717, 1.165) is 55.1 Å². The zero-order valence-corrected chi connectivity index (χ0v) is 30.7. The van der Waals surface area contributed by atoms with E-state index in [0.29, 0.717) is 43.7 Å². The van der Waals surface area contributed by atoms with Crippen molar-refractivity contribution in [1.82, 2.24) is 9.71 Å². The van der Waals surface area contributed by atoms with Gasteiger partial charge in [0.25, 0.3) is 5.91 Å². The first kappa shape index (κ1) is 35.5. The number of nitrogens with one attached hydrogen (secondary N) is 2. The van der Waals surface area contributed by atoms with Gasteiger partial charge in [-0.1, -0.05) is 36.7 Å². The Morgan fingerprint density at radius 2 is 2.02 bits per heavy atom. The summed E-state index contributed by atoms with van der Waals surface area (Å²) in [4.78, 5) is 33.1. The Kier molecular flexibility index (Phi) is 10.5. The Balaban J connectivity index is 1.23. The molecule has 51 heavy (non-hydrogen) atoms. The van der Waals surface area contributed by atoms with E-state index in [2.05, 4.69) is 50.1 Å². The van der Waals surface area contributed by atoms with E-state index in [4.69, 9.17) is 21.1 Å². The zero-order valence-electron chi connectivity index (χ0n) is 29.2. The summed E-state index contributed by atoms with van der Waals surface area (Å²) < 4.78 is 29.8. The first-order valence-electron chi connectivity index (χ1n) is 18.1. The van der Waals surface area contributed by atoms with Crippen molar-refractivity contribution in [3.05, 3.63) is 94.8 Å². The quantitative estimate of drug-likeness (QED) is 0.221. The minimum absolute atomic E-state index is 0.0803. The molecule has 2 aliphatic heterocycles. The summed E-state index contributed by atoms with van der Waals surface area (Å²) in [5, 5.41) is 3.34. The molecule has 2 bridgehead atoms. The number of hydrogen-bond acceptors (Lipinski definition) is 7. The molecule has 1 unspecified atom stereocenters. The molecule has 3 heterocycles. The molecule has 2 aromatic carbocycles. The van der Waals surface area contributed by atoms with Gasteiger partial charge in [0.2, 0.25) is 5.91 Å². The average Bonchev–Trinajstić information content (AvgIpc) is 3.25. The molecule has 1 spiro atoms. The smallest absolute Gasteiger partial charge is 0.262 e. The molecule has 0 radical (unpaired) electrons. The summed E-state index contributed by atoms with van der Waals surface area (Å²) in [5.74, 6) is 4.60. The lowest BCUT2D eigenvalue weighted by molar-refractivity contribution is -0.124. The van der Waals surface area contributed by atoms with Crippen molar-refractivity contribution in [2.24, 2.45) is 11.8 Å². The number of benzene rings is 2. The van der Waals surface area contributed by atoms with E-state index < -0.39 is 15.6 Å². The van der Waals surface area contributed by atoms with Crippen LogP contribution in [0, 0.1) is 11.8 Å². The summed E-state index contributed by atoms with van der Waals surface area (Å²) in [7, 11) is -2.95. The number of aromatic nitrogens is 1. The van der Waals surface area contributed by atoms with Crippen LogP contribution in [0.2, 0.25) is 5.02 Å². The van der Waals surface area contributed by atoms with Crippen molar-refractivity contribution in [2.45, 2.75) is 75.1 Å². The number of fused-ring (bicyclic) bond motifs is 4. The number of aryl methyl sites for hydroxylation is 1. The van der Waals surface area contributed by atoms with Gasteiger partial charge in [-0.25, -0.2) is 4.21 Å². The Labute approximate surface area is 306 Å². The standard InChI is InChI=1S/C40H47ClN4O5S/c1-3-32-8-4-5-9-36(49-24-38(46)43-31-16-19-42-20-17-31)33-13-10-29(33)23-45-25-40(18-6-7-27-21-30(41)12-14-34(27)40)26-50-37-15-11-28(22-35(37)45)39(47)44-51(32,2)48/h5,9,11-12,14-17,19-22,29,32-33,36H,2-4,6-8,10,13,18,23-26H2,1H3,(H,42,43,46)(H,44,47,48)/b9-5+/t29-,32+,33+,36-,40-,51?/m0/s1. The minimum Gasteiger partial charge on any atom is -0.490 e. The number of pyridine rings is 1. The number of hydrogen-bond donors (Lipinski definition) is 2. The van der Waals surface area contributed by atoms with E-state index in [1.807, 2.05) is 25.1 Å². The highest BCUT2D eigenvalue weighted by Crippen LogP contribution is 2.47. The fraction of sp³-hybridized carbons (Fsp3) is 0.450. The van der Waals surface area contributed by atoms with Crippen LogP contribution in [-0.2, 0) is 31.1 Å². The number of ether oxygens (including phenoxy) is 2. The van der Waals surface area contributed by atoms with Crippen molar-refractivity contribution < 1.29 is 23.3 Å². The van der Waals surface area contributed by atoms with Crippen LogP contribution in [0.3, 0.4) is 0 Å². The van der Waals surface area contributed by atoms with Gasteiger partial charge in [-0.2, -0.15) is 0 Å². The van der Waals surface area contributed by atoms with Crippen LogP contribution in [0.4, 0.5) is 11.4 Å². The van der Waals surface area contributed by atoms with Gasteiger partial charge in [0.1, 0.15) is 12.4 Å². The number of carbonyl (C=O) groups is 2. The molecule has 11 heteroatoms. The molecule has 2 N–H and O–H groups in total. The summed E-state index contributed by atoms with van der Waals surface area (Å²) in [5.41, 5.74) is 4.22. The molecule has 0 saturated heterocycles. The monoisotopic (exact) mass is 730 g/mol. The van der Waals surface area contributed by atoms with Gasteiger partial charge in [0.15, 0.2) is 0 Å². The van der Waals surface area contributed by atoms with E-state index in [1.54, 1.807) is 30.6 Å². The largest absolute Gasteiger partial charge is 0.490 e. The number of allylic oxidation sites excluding steroid dienone is 1. The van der Waals surface area contributed by atoms with Gasteiger partial charge in [-0.3, -0.25) is 19.3 Å². The predicted octanol–water partition coefficient (Wildman–Crippen LogP) is 6.75. The molecule has 6 atom stereocenters. The second kappa shape index (κ2) is 15.0. The minimum atomic E-state index is -2.95. The van der Waals surface area contributed by atoms with Crippen molar-refractivity contribution >= 4 is 50.4 Å². The molecule has 2 amide bonds. The maximum atomic E-state index is 13.9. The van der Waals surface area contributed by atoms with E-state index in [1.165, 1.54) is 11.1 Å². The molecule has 270 valence electrons. The van der Waals surface area contributed by atoms with Crippen molar-refractivity contribution in [2.75, 3.05) is 36.5 Å². The second-order valence-electron chi connectivity index (χ2n) is 14.5. The van der Waals surface area contributed by atoms with E-state index in [9.17, 15) is 13.8 Å². The molecule has 2 aliphatic carbocycles. The molecule has 9 nitrogen and oxygen atoms in total. The third kappa shape index (κ3) is 7.69. The van der Waals surface area contributed by atoms with Crippen LogP contribution < -0.4 is 19.7 Å². The molecule has 3 aromatic rings. The number of halogens is 1. The molecule has 1 fully saturated rings. The van der Waals surface area contributed by atoms with Crippen LogP contribution in [0.1, 0.15) is 73.4 Å². The second-order valence-corrected chi connectivity index (χ2v) is 17.3. The van der Waals surface area contributed by atoms with Gasteiger partial charge in [0.05, 0.1) is 28.1 Å². The fourth-order valence-electron chi connectivity index (χ4n) is 8.39. The summed E-state index contributed by atoms with van der Waals surface area (Å²) >= 11 is 6.47. The number of rotatable bonds is 5. The number of nitrogens with zero attached hydrogens (tertiary/aromatic N) is 2. The zero-order chi connectivity index (χ0) is 35.6. The van der Waals surface area contributed by atoms with Crippen LogP contribution in [-0.4, -0.2) is 64.5 Å². The van der Waals surface area contributed by atoms with E-state index in [-0.39, 0.29) is 41.1 Å². The molecular formula is C40H47ClN4O5S. The molecule has 7 rings (SSSR count). The van der Waals surface area contributed by atoms with Gasteiger partial charge < -0.3 is 19.7 Å². The lowest BCUT2D eigenvalue weighted by Gasteiger charge is -2.46. The highest BCUT2D eigenvalue weighted by atomic mass is 35.5. The Hall–Kier alpha value is -3.86. The summed E-state index contributed by atoms with van der Waals surface area (Å²) in [6.45, 7) is 3.85. The van der Waals surface area contributed by atoms with Crippen LogP contribution >= 0.6 is 11.6 Å². The van der Waals surface area contributed by atoms with Gasteiger partial charge in [-0.15, -0.1) is 0 Å². The maximum Gasteiger partial charge on any atom is 0.262 e. The maximum absolute atomic E-state index is 13.9. The van der Waals surface area contributed by atoms with Crippen LogP contribution in [0.5, 0.6) is 5.75 Å². The lowest BCUT2D eigenvalue weighted by atomic mass is 9.68. The average molecular weight is 731 g/mol. The topological polar surface area (TPSA) is 110 Å². The molecule has 1 saturated carbocycles. The van der Waals surface area contributed by atoms with Crippen LogP contribution in [0.25, 0.3) is 0 Å². The number of amides is 2. The molecule has 4 aliphatic rings. The highest BCUT2D eigenvalue weighted by molar-refractivity contribution is 7.99. The Morgan fingerprint density at radius 3 is 2.80 bits per heavy atom. The van der Waals surface area contributed by atoms with Gasteiger partial charge >= 0.3 is 0 Å². The summed E-state index contributed by atoms with van der Waals surface area (Å²) in [6, 6.07) is 15.3. The predicted molar refractivity (Wildman–Crippen MR) is 204 cm³/mol. The molecule has 1 aromatic heterocycles. The first-order chi connectivity index (χ1) is 24.6. The third-order valence-electron chi connectivity index (χ3n) is 11.3. The van der Waals surface area contributed by atoms with Crippen LogP contribution in [0.15, 0.2) is 73.1 Å². The van der Waals surface area contributed by atoms with Crippen molar-refractivity contribution in [3.63, 3.8) is 0 Å². The normalized spacial score (nSPS) is 29.7. The highest BCUT2D eigenvalue weighted by Gasteiger charge is 2.44. The van der Waals surface area contributed by atoms with Crippen molar-refractivity contribution in [1.29, 1.82) is 0 Å². The molecular weight excluding hydrogens is 684 g/mol. The SMILES string of the molecule is C=S1(=O)NC(=O)c2ccc3c(c2)N(C[C@@H]2CC[C@H]2[C@@H](OCC(=O)Nc2ccncc2)/C=C/CC[C@H]1CC)C[C@@]1(CCCc2cc(Cl)ccc21)CO3. The van der Waals surface area contributed by atoms with Gasteiger partial charge in [0, 0.05) is 52.4 Å². The summed E-state index contributed by atoms with van der Waals surface area (Å²) in [6.07, 6.45) is 14.0. The van der Waals surface area contributed by atoms with E-state index >= 15 is 0 Å². The Morgan fingerprint density at radius 1 is 1.18 bits per heavy atom. The Bertz CT molecular complexity index is 1900. The third-order valence-corrected chi connectivity index (χ3v) is 13.7. The fourth-order valence-corrected chi connectivity index (χ4v) is 10.2. The number of carbonyl (C=O) groups excluding carboxylic acids is 2. The van der Waals surface area contributed by atoms with Crippen molar-refractivity contribution in [3.8, 4) is 5.75 Å². The first-order valence-corrected chi connectivity index (χ1v) is 20.3. The number of anilines is 2. The van der Waals surface area contributed by atoms with Gasteiger partial charge in [-0.05, 0) is 123 Å².